The van der Waals surface area contributed by atoms with Gasteiger partial charge in [0.25, 0.3) is 0 Å². The predicted octanol–water partition coefficient (Wildman–Crippen LogP) is 7.85. The second-order valence-corrected chi connectivity index (χ2v) is 8.64. The van der Waals surface area contributed by atoms with Crippen LogP contribution in [0.1, 0.15) is 30.5 Å². The van der Waals surface area contributed by atoms with Gasteiger partial charge < -0.3 is 4.74 Å². The molecule has 0 aliphatic heterocycles. The van der Waals surface area contributed by atoms with Crippen molar-refractivity contribution in [3.05, 3.63) is 95.3 Å². The molecule has 3 aromatic carbocycles. The van der Waals surface area contributed by atoms with E-state index >= 15 is 0 Å². The second kappa shape index (κ2) is 9.13. The number of benzene rings is 3. The summed E-state index contributed by atoms with van der Waals surface area (Å²) >= 11 is 1.65. The molecule has 1 nitrogen and oxygen atoms in total. The molecule has 6 heteroatoms. The highest BCUT2D eigenvalue weighted by Gasteiger charge is 2.32. The topological polar surface area (TPSA) is 9.23 Å². The molecule has 0 radical (unpaired) electrons. The van der Waals surface area contributed by atoms with Crippen molar-refractivity contribution in [2.45, 2.75) is 31.2 Å². The van der Waals surface area contributed by atoms with Crippen LogP contribution in [0, 0.1) is 5.82 Å². The number of halogens is 4. The highest BCUT2D eigenvalue weighted by Crippen LogP contribution is 2.35. The van der Waals surface area contributed by atoms with Crippen molar-refractivity contribution in [3.63, 3.8) is 0 Å². The molecule has 0 saturated carbocycles. The normalized spacial score (nSPS) is 12.1. The zero-order chi connectivity index (χ0) is 21.8. The van der Waals surface area contributed by atoms with E-state index in [0.29, 0.717) is 28.6 Å². The molecule has 158 valence electrons. The van der Waals surface area contributed by atoms with Crippen molar-refractivity contribution in [1.29, 1.82) is 0 Å². The lowest BCUT2D eigenvalue weighted by Crippen LogP contribution is -2.21. The van der Waals surface area contributed by atoms with E-state index in [2.05, 4.69) is 0 Å². The Bertz CT molecular complexity index is 981. The lowest BCUT2D eigenvalue weighted by molar-refractivity contribution is -0.137. The Labute approximate surface area is 178 Å². The second-order valence-electron chi connectivity index (χ2n) is 7.66. The van der Waals surface area contributed by atoms with Crippen LogP contribution in [0.2, 0.25) is 0 Å². The lowest BCUT2D eigenvalue weighted by atomic mass is 9.86. The Balaban J connectivity index is 1.61. The number of hydrogen-bond acceptors (Lipinski definition) is 2. The molecule has 3 aromatic rings. The summed E-state index contributed by atoms with van der Waals surface area (Å²) in [5.41, 5.74) is 0.676. The van der Waals surface area contributed by atoms with E-state index in [1.54, 1.807) is 30.0 Å². The van der Waals surface area contributed by atoms with Gasteiger partial charge in [0.15, 0.2) is 0 Å². The molecular formula is C24H22F4OS. The molecule has 30 heavy (non-hydrogen) atoms. The van der Waals surface area contributed by atoms with E-state index in [1.807, 2.05) is 38.1 Å². The summed E-state index contributed by atoms with van der Waals surface area (Å²) in [6.07, 6.45) is -4.34. The molecule has 0 spiro atoms. The predicted molar refractivity (Wildman–Crippen MR) is 114 cm³/mol. The fraction of sp³-hybridized carbons (Fsp3) is 0.250. The van der Waals surface area contributed by atoms with Gasteiger partial charge in [-0.15, -0.1) is 0 Å². The van der Waals surface area contributed by atoms with Crippen LogP contribution in [0.3, 0.4) is 0 Å². The highest BCUT2D eigenvalue weighted by molar-refractivity contribution is 7.98. The van der Waals surface area contributed by atoms with E-state index < -0.39 is 17.2 Å². The van der Waals surface area contributed by atoms with Crippen molar-refractivity contribution in [2.75, 3.05) is 5.75 Å². The van der Waals surface area contributed by atoms with Gasteiger partial charge in [0.1, 0.15) is 17.3 Å². The van der Waals surface area contributed by atoms with Crippen molar-refractivity contribution in [3.8, 4) is 11.5 Å². The van der Waals surface area contributed by atoms with Crippen molar-refractivity contribution < 1.29 is 22.3 Å². The van der Waals surface area contributed by atoms with Crippen molar-refractivity contribution >= 4 is 11.8 Å². The number of thioether (sulfide) groups is 1. The van der Waals surface area contributed by atoms with Crippen molar-refractivity contribution in [1.82, 2.24) is 0 Å². The first-order valence-electron chi connectivity index (χ1n) is 9.41. The molecular weight excluding hydrogens is 412 g/mol. The summed E-state index contributed by atoms with van der Waals surface area (Å²) in [7, 11) is 0. The minimum absolute atomic E-state index is 0.323. The molecule has 0 N–H and O–H groups in total. The zero-order valence-electron chi connectivity index (χ0n) is 16.7. The first-order valence-corrected chi connectivity index (χ1v) is 10.6. The summed E-state index contributed by atoms with van der Waals surface area (Å²) in [4.78, 5) is 0. The molecule has 0 fully saturated rings. The van der Waals surface area contributed by atoms with Gasteiger partial charge in [-0.2, -0.15) is 24.9 Å². The first kappa shape index (κ1) is 22.2. The van der Waals surface area contributed by atoms with Crippen LogP contribution in [-0.2, 0) is 17.3 Å². The summed E-state index contributed by atoms with van der Waals surface area (Å²) < 4.78 is 57.8. The maximum Gasteiger partial charge on any atom is 0.416 e. The quantitative estimate of drug-likeness (QED) is 0.350. The SMILES string of the molecule is CC(C)(CSCc1cccc(Oc2ccc(F)cc2)c1)c1cccc(C(F)(F)F)c1. The number of alkyl halides is 3. The first-order chi connectivity index (χ1) is 14.1. The van der Waals surface area contributed by atoms with Gasteiger partial charge in [0, 0.05) is 11.5 Å². The van der Waals surface area contributed by atoms with Gasteiger partial charge in [-0.25, -0.2) is 4.39 Å². The molecule has 0 aliphatic carbocycles. The molecule has 0 bridgehead atoms. The number of ether oxygens (including phenoxy) is 1. The minimum atomic E-state index is -4.34. The fourth-order valence-corrected chi connectivity index (χ4v) is 4.16. The van der Waals surface area contributed by atoms with Gasteiger partial charge in [0.2, 0.25) is 0 Å². The third-order valence-electron chi connectivity index (χ3n) is 4.65. The number of hydrogen-bond donors (Lipinski definition) is 0. The van der Waals surface area contributed by atoms with Crippen LogP contribution in [0.5, 0.6) is 11.5 Å². The fourth-order valence-electron chi connectivity index (χ4n) is 2.96. The van der Waals surface area contributed by atoms with Gasteiger partial charge in [-0.05, 0) is 59.0 Å². The molecule has 3 rings (SSSR count). The van der Waals surface area contributed by atoms with E-state index in [-0.39, 0.29) is 5.82 Å². The van der Waals surface area contributed by atoms with E-state index in [4.69, 9.17) is 4.74 Å². The summed E-state index contributed by atoms with van der Waals surface area (Å²) in [6.45, 7) is 3.90. The largest absolute Gasteiger partial charge is 0.457 e. The summed E-state index contributed by atoms with van der Waals surface area (Å²) in [6, 6.07) is 18.9. The van der Waals surface area contributed by atoms with E-state index in [9.17, 15) is 17.6 Å². The third kappa shape index (κ3) is 6.02. The van der Waals surface area contributed by atoms with Crippen LogP contribution in [-0.4, -0.2) is 5.75 Å². The Morgan fingerprint density at radius 3 is 2.17 bits per heavy atom. The molecule has 0 atom stereocenters. The average molecular weight is 434 g/mol. The lowest BCUT2D eigenvalue weighted by Gasteiger charge is -2.26. The maximum absolute atomic E-state index is 13.0. The molecule has 0 unspecified atom stereocenters. The Morgan fingerprint density at radius 1 is 0.800 bits per heavy atom. The standard InChI is InChI=1S/C24H22F4OS/c1-23(2,18-6-4-7-19(14-18)24(26,27)28)16-30-15-17-5-3-8-22(13-17)29-21-11-9-20(25)10-12-21/h3-14H,15-16H2,1-2H3. The van der Waals surface area contributed by atoms with Gasteiger partial charge in [0.05, 0.1) is 5.56 Å². The van der Waals surface area contributed by atoms with Crippen LogP contribution >= 0.6 is 11.8 Å². The Morgan fingerprint density at radius 2 is 1.47 bits per heavy atom. The smallest absolute Gasteiger partial charge is 0.416 e. The van der Waals surface area contributed by atoms with Crippen LogP contribution in [0.4, 0.5) is 17.6 Å². The molecule has 0 aliphatic rings. The Kier molecular flexibility index (Phi) is 6.76. The highest BCUT2D eigenvalue weighted by atomic mass is 32.2. The number of rotatable bonds is 7. The van der Waals surface area contributed by atoms with Crippen LogP contribution < -0.4 is 4.74 Å². The van der Waals surface area contributed by atoms with E-state index in [1.165, 1.54) is 24.3 Å². The van der Waals surface area contributed by atoms with E-state index in [0.717, 1.165) is 11.6 Å². The Hall–Kier alpha value is -2.47. The van der Waals surface area contributed by atoms with Gasteiger partial charge >= 0.3 is 6.18 Å². The molecule has 0 saturated heterocycles. The van der Waals surface area contributed by atoms with Crippen LogP contribution in [0.15, 0.2) is 72.8 Å². The molecule has 0 aromatic heterocycles. The van der Waals surface area contributed by atoms with Gasteiger partial charge in [-0.3, -0.25) is 0 Å². The average Bonchev–Trinajstić information content (AvgIpc) is 2.69. The molecule has 0 amide bonds. The monoisotopic (exact) mass is 434 g/mol. The zero-order valence-corrected chi connectivity index (χ0v) is 17.5. The summed E-state index contributed by atoms with van der Waals surface area (Å²) in [5, 5.41) is 0. The minimum Gasteiger partial charge on any atom is -0.457 e. The van der Waals surface area contributed by atoms with Crippen LogP contribution in [0.25, 0.3) is 0 Å². The maximum atomic E-state index is 13.0. The molecule has 0 heterocycles. The summed E-state index contributed by atoms with van der Waals surface area (Å²) in [5.74, 6) is 2.24. The van der Waals surface area contributed by atoms with Crippen molar-refractivity contribution in [2.24, 2.45) is 0 Å². The van der Waals surface area contributed by atoms with Gasteiger partial charge in [-0.1, -0.05) is 44.2 Å². The third-order valence-corrected chi connectivity index (χ3v) is 6.11.